The number of nitrogens with zero attached hydrogens (tertiary/aromatic N) is 1. The van der Waals surface area contributed by atoms with Gasteiger partial charge in [-0.05, 0) is 32.0 Å². The summed E-state index contributed by atoms with van der Waals surface area (Å²) < 4.78 is 0. The standard InChI is InChI=1S/C19H16ClNO4/c1-8(2)14-10-4-5-11(14)16-15(10)17(22)21(18(16)23)9-3-6-13(20)12(7-9)19(24)25/h3-7,10-11,15-16H,1-2H3,(H,24,25)/t10-,11-,15-,16-/m1/s1. The van der Waals surface area contributed by atoms with Crippen LogP contribution in [-0.4, -0.2) is 22.9 Å². The van der Waals surface area contributed by atoms with Crippen LogP contribution in [0.15, 0.2) is 41.5 Å². The van der Waals surface area contributed by atoms with Crippen LogP contribution in [0.25, 0.3) is 0 Å². The Morgan fingerprint density at radius 1 is 1.08 bits per heavy atom. The zero-order chi connectivity index (χ0) is 18.0. The van der Waals surface area contributed by atoms with E-state index in [2.05, 4.69) is 0 Å². The summed E-state index contributed by atoms with van der Waals surface area (Å²) in [6.07, 6.45) is 4.04. The number of hydrogen-bond acceptors (Lipinski definition) is 3. The van der Waals surface area contributed by atoms with Crippen molar-refractivity contribution in [2.24, 2.45) is 23.7 Å². The van der Waals surface area contributed by atoms with E-state index in [4.69, 9.17) is 11.6 Å². The second-order valence-corrected chi connectivity index (χ2v) is 7.33. The minimum atomic E-state index is -1.19. The number of imide groups is 1. The molecule has 1 aromatic rings. The number of carbonyl (C=O) groups excluding carboxylic acids is 2. The van der Waals surface area contributed by atoms with Crippen molar-refractivity contribution in [3.05, 3.63) is 52.1 Å². The molecule has 1 aromatic carbocycles. The monoisotopic (exact) mass is 357 g/mol. The molecule has 2 bridgehead atoms. The fourth-order valence-electron chi connectivity index (χ4n) is 4.50. The second kappa shape index (κ2) is 5.30. The van der Waals surface area contributed by atoms with E-state index >= 15 is 0 Å². The summed E-state index contributed by atoms with van der Waals surface area (Å²) in [5.74, 6) is -2.57. The fourth-order valence-corrected chi connectivity index (χ4v) is 4.70. The lowest BCUT2D eigenvalue weighted by Crippen LogP contribution is -2.33. The number of rotatable bonds is 2. The molecule has 2 aliphatic carbocycles. The van der Waals surface area contributed by atoms with Crippen LogP contribution < -0.4 is 4.90 Å². The van der Waals surface area contributed by atoms with Crippen molar-refractivity contribution < 1.29 is 19.5 Å². The van der Waals surface area contributed by atoms with E-state index in [1.165, 1.54) is 23.8 Å². The van der Waals surface area contributed by atoms with Gasteiger partial charge in [0.2, 0.25) is 11.8 Å². The van der Waals surface area contributed by atoms with E-state index < -0.39 is 17.8 Å². The number of allylic oxidation sites excluding steroid dienone is 4. The molecule has 5 nitrogen and oxygen atoms in total. The van der Waals surface area contributed by atoms with Crippen molar-refractivity contribution in [2.75, 3.05) is 4.90 Å². The summed E-state index contributed by atoms with van der Waals surface area (Å²) in [6.45, 7) is 4.02. The Kier molecular flexibility index (Phi) is 3.41. The summed E-state index contributed by atoms with van der Waals surface area (Å²) in [4.78, 5) is 38.4. The van der Waals surface area contributed by atoms with Gasteiger partial charge >= 0.3 is 5.97 Å². The van der Waals surface area contributed by atoms with Crippen molar-refractivity contribution in [1.29, 1.82) is 0 Å². The van der Waals surface area contributed by atoms with E-state index in [0.717, 1.165) is 10.5 Å². The number of carboxylic acids is 1. The van der Waals surface area contributed by atoms with Crippen molar-refractivity contribution in [3.63, 3.8) is 0 Å². The summed E-state index contributed by atoms with van der Waals surface area (Å²) >= 11 is 5.89. The molecule has 2 amide bonds. The Labute approximate surface area is 149 Å². The van der Waals surface area contributed by atoms with Gasteiger partial charge in [-0.25, -0.2) is 9.69 Å². The van der Waals surface area contributed by atoms with Gasteiger partial charge in [-0.1, -0.05) is 34.9 Å². The third-order valence-electron chi connectivity index (χ3n) is 5.43. The third-order valence-corrected chi connectivity index (χ3v) is 5.76. The van der Waals surface area contributed by atoms with Crippen molar-refractivity contribution in [3.8, 4) is 0 Å². The number of amides is 2. The Bertz CT molecular complexity index is 863. The molecule has 4 rings (SSSR count). The van der Waals surface area contributed by atoms with Gasteiger partial charge in [0.25, 0.3) is 0 Å². The maximum atomic E-state index is 13.0. The van der Waals surface area contributed by atoms with Crippen LogP contribution in [0, 0.1) is 23.7 Å². The Hall–Kier alpha value is -2.40. The van der Waals surface area contributed by atoms with Gasteiger partial charge in [0.05, 0.1) is 28.1 Å². The smallest absolute Gasteiger partial charge is 0.337 e. The molecule has 0 spiro atoms. The van der Waals surface area contributed by atoms with E-state index in [-0.39, 0.29) is 39.9 Å². The highest BCUT2D eigenvalue weighted by molar-refractivity contribution is 6.34. The molecule has 4 atom stereocenters. The van der Waals surface area contributed by atoms with Gasteiger partial charge in [0.1, 0.15) is 0 Å². The highest BCUT2D eigenvalue weighted by atomic mass is 35.5. The van der Waals surface area contributed by atoms with E-state index in [1.807, 2.05) is 26.0 Å². The van der Waals surface area contributed by atoms with Crippen LogP contribution >= 0.6 is 11.6 Å². The molecule has 1 heterocycles. The molecule has 1 saturated heterocycles. The maximum Gasteiger partial charge on any atom is 0.337 e. The molecular weight excluding hydrogens is 342 g/mol. The first-order valence-electron chi connectivity index (χ1n) is 8.09. The average Bonchev–Trinajstić information content (AvgIpc) is 3.18. The normalized spacial score (nSPS) is 29.6. The van der Waals surface area contributed by atoms with Gasteiger partial charge in [-0.15, -0.1) is 0 Å². The zero-order valence-electron chi connectivity index (χ0n) is 13.7. The molecular formula is C19H16ClNO4. The molecule has 128 valence electrons. The summed E-state index contributed by atoms with van der Waals surface area (Å²) in [5.41, 5.74) is 2.48. The highest BCUT2D eigenvalue weighted by Crippen LogP contribution is 2.57. The number of anilines is 1. The Balaban J connectivity index is 1.76. The highest BCUT2D eigenvalue weighted by Gasteiger charge is 2.61. The van der Waals surface area contributed by atoms with Gasteiger partial charge < -0.3 is 5.11 Å². The lowest BCUT2D eigenvalue weighted by Gasteiger charge is -2.19. The molecule has 3 aliphatic rings. The number of halogens is 1. The molecule has 6 heteroatoms. The van der Waals surface area contributed by atoms with Crippen LogP contribution in [0.4, 0.5) is 5.69 Å². The summed E-state index contributed by atoms with van der Waals surface area (Å²) in [7, 11) is 0. The third kappa shape index (κ3) is 2.05. The fraction of sp³-hybridized carbons (Fsp3) is 0.316. The van der Waals surface area contributed by atoms with Crippen molar-refractivity contribution in [1.82, 2.24) is 0 Å². The SMILES string of the molecule is CC(C)=C1[C@H]2C=C[C@H]1[C@H]1C(=O)N(c3ccc(Cl)c(C(=O)O)c3)C(=O)[C@@H]12. The second-order valence-electron chi connectivity index (χ2n) is 6.92. The molecule has 1 saturated carbocycles. The number of carboxylic acid groups (broad SMARTS) is 1. The Morgan fingerprint density at radius 2 is 1.64 bits per heavy atom. The topological polar surface area (TPSA) is 74.7 Å². The van der Waals surface area contributed by atoms with Crippen LogP contribution in [0.2, 0.25) is 5.02 Å². The van der Waals surface area contributed by atoms with Gasteiger partial charge in [-0.2, -0.15) is 0 Å². The van der Waals surface area contributed by atoms with Gasteiger partial charge in [-0.3, -0.25) is 9.59 Å². The predicted octanol–water partition coefficient (Wildman–Crippen LogP) is 3.30. The van der Waals surface area contributed by atoms with Crippen LogP contribution in [-0.2, 0) is 9.59 Å². The largest absolute Gasteiger partial charge is 0.478 e. The van der Waals surface area contributed by atoms with Gasteiger partial charge in [0, 0.05) is 11.8 Å². The molecule has 0 unspecified atom stereocenters. The number of carbonyl (C=O) groups is 3. The van der Waals surface area contributed by atoms with Crippen LogP contribution in [0.1, 0.15) is 24.2 Å². The van der Waals surface area contributed by atoms with Crippen molar-refractivity contribution >= 4 is 35.1 Å². The van der Waals surface area contributed by atoms with E-state index in [0.29, 0.717) is 0 Å². The molecule has 0 radical (unpaired) electrons. The number of hydrogen-bond donors (Lipinski definition) is 1. The first-order chi connectivity index (χ1) is 11.8. The first-order valence-corrected chi connectivity index (χ1v) is 8.47. The van der Waals surface area contributed by atoms with Crippen LogP contribution in [0.5, 0.6) is 0 Å². The van der Waals surface area contributed by atoms with Gasteiger partial charge in [0.15, 0.2) is 0 Å². The number of benzene rings is 1. The molecule has 2 fully saturated rings. The average molecular weight is 358 g/mol. The minimum absolute atomic E-state index is 0.0345. The number of fused-ring (bicyclic) bond motifs is 5. The number of aromatic carboxylic acids is 1. The summed E-state index contributed by atoms with van der Waals surface area (Å²) in [5, 5.41) is 9.30. The first kappa shape index (κ1) is 16.1. The summed E-state index contributed by atoms with van der Waals surface area (Å²) in [6, 6.07) is 4.21. The molecule has 25 heavy (non-hydrogen) atoms. The molecule has 0 aromatic heterocycles. The van der Waals surface area contributed by atoms with E-state index in [9.17, 15) is 19.5 Å². The predicted molar refractivity (Wildman–Crippen MR) is 92.4 cm³/mol. The van der Waals surface area contributed by atoms with E-state index in [1.54, 1.807) is 0 Å². The quantitative estimate of drug-likeness (QED) is 0.651. The van der Waals surface area contributed by atoms with Crippen LogP contribution in [0.3, 0.4) is 0 Å². The lowest BCUT2D eigenvalue weighted by molar-refractivity contribution is -0.122. The molecule has 1 aliphatic heterocycles. The molecule has 1 N–H and O–H groups in total. The zero-order valence-corrected chi connectivity index (χ0v) is 14.4. The maximum absolute atomic E-state index is 13.0. The minimum Gasteiger partial charge on any atom is -0.478 e. The lowest BCUT2D eigenvalue weighted by atomic mass is 9.85. The Morgan fingerprint density at radius 3 is 2.12 bits per heavy atom. The van der Waals surface area contributed by atoms with Crippen molar-refractivity contribution in [2.45, 2.75) is 13.8 Å².